The second-order valence-electron chi connectivity index (χ2n) is 6.87. The van der Waals surface area contributed by atoms with Crippen LogP contribution in [0.4, 0.5) is 0 Å². The van der Waals surface area contributed by atoms with Gasteiger partial charge in [-0.15, -0.1) is 0 Å². The highest BCUT2D eigenvalue weighted by Crippen LogP contribution is 2.36. The summed E-state index contributed by atoms with van der Waals surface area (Å²) in [7, 11) is 0. The van der Waals surface area contributed by atoms with Crippen molar-refractivity contribution in [1.29, 1.82) is 0 Å². The van der Waals surface area contributed by atoms with Gasteiger partial charge >= 0.3 is 0 Å². The maximum absolute atomic E-state index is 12.8. The second-order valence-corrected chi connectivity index (χ2v) is 6.87. The topological polar surface area (TPSA) is 32.3 Å². The van der Waals surface area contributed by atoms with Crippen LogP contribution in [0.2, 0.25) is 0 Å². The fourth-order valence-electron chi connectivity index (χ4n) is 4.07. The van der Waals surface area contributed by atoms with Crippen LogP contribution in [0.5, 0.6) is 0 Å². The number of nitrogens with one attached hydrogen (secondary N) is 1. The van der Waals surface area contributed by atoms with E-state index in [9.17, 15) is 4.79 Å². The molecule has 1 amide bonds. The quantitative estimate of drug-likeness (QED) is 0.935. The van der Waals surface area contributed by atoms with Crippen LogP contribution < -0.4 is 5.32 Å². The Balaban J connectivity index is 1.61. The van der Waals surface area contributed by atoms with Gasteiger partial charge in [0.15, 0.2) is 0 Å². The van der Waals surface area contributed by atoms with E-state index in [1.54, 1.807) is 0 Å². The van der Waals surface area contributed by atoms with Gasteiger partial charge in [-0.1, -0.05) is 54.6 Å². The molecule has 2 heterocycles. The van der Waals surface area contributed by atoms with Crippen LogP contribution in [0.25, 0.3) is 0 Å². The van der Waals surface area contributed by atoms with E-state index >= 15 is 0 Å². The average molecular weight is 320 g/mol. The van der Waals surface area contributed by atoms with Crippen molar-refractivity contribution in [2.45, 2.75) is 31.2 Å². The molecule has 24 heavy (non-hydrogen) atoms. The first kappa shape index (κ1) is 15.4. The Hall–Kier alpha value is -2.13. The van der Waals surface area contributed by atoms with Crippen LogP contribution in [-0.2, 0) is 4.79 Å². The van der Waals surface area contributed by atoms with Gasteiger partial charge in [-0.25, -0.2) is 0 Å². The summed E-state index contributed by atoms with van der Waals surface area (Å²) in [5.41, 5.74) is 3.60. The first-order valence-corrected chi connectivity index (χ1v) is 8.99. The summed E-state index contributed by atoms with van der Waals surface area (Å²) < 4.78 is 0. The van der Waals surface area contributed by atoms with Crippen molar-refractivity contribution >= 4 is 5.91 Å². The van der Waals surface area contributed by atoms with Crippen LogP contribution in [0.15, 0.2) is 54.6 Å². The number of carbonyl (C=O) groups excluding carboxylic acids is 1. The summed E-state index contributed by atoms with van der Waals surface area (Å²) in [5.74, 6) is 0.142. The lowest BCUT2D eigenvalue weighted by Gasteiger charge is -2.33. The molecule has 124 valence electrons. The van der Waals surface area contributed by atoms with E-state index in [1.165, 1.54) is 37.1 Å². The minimum atomic E-state index is -0.0297. The highest BCUT2D eigenvalue weighted by Gasteiger charge is 2.33. The molecule has 3 heteroatoms. The van der Waals surface area contributed by atoms with E-state index in [1.807, 2.05) is 18.2 Å². The number of benzene rings is 2. The maximum atomic E-state index is 12.8. The van der Waals surface area contributed by atoms with E-state index in [4.69, 9.17) is 0 Å². The normalized spacial score (nSPS) is 23.8. The van der Waals surface area contributed by atoms with Crippen LogP contribution >= 0.6 is 0 Å². The van der Waals surface area contributed by atoms with E-state index in [0.717, 1.165) is 18.5 Å². The van der Waals surface area contributed by atoms with Crippen molar-refractivity contribution in [3.05, 3.63) is 71.3 Å². The highest BCUT2D eigenvalue weighted by atomic mass is 16.2. The molecule has 1 fully saturated rings. The van der Waals surface area contributed by atoms with Crippen LogP contribution in [-0.4, -0.2) is 30.4 Å². The molecule has 0 radical (unpaired) electrons. The third-order valence-corrected chi connectivity index (χ3v) is 5.35. The lowest BCUT2D eigenvalue weighted by Crippen LogP contribution is -2.40. The number of fused-ring (bicyclic) bond motifs is 1. The van der Waals surface area contributed by atoms with Crippen molar-refractivity contribution in [2.24, 2.45) is 0 Å². The first-order valence-electron chi connectivity index (χ1n) is 8.99. The number of likely N-dealkylation sites (tertiary alicyclic amines) is 1. The molecule has 0 saturated carbocycles. The lowest BCUT2D eigenvalue weighted by molar-refractivity contribution is -0.123. The van der Waals surface area contributed by atoms with E-state index in [0.29, 0.717) is 0 Å². The number of nitrogens with zero attached hydrogens (tertiary/aromatic N) is 1. The first-order chi connectivity index (χ1) is 11.8. The van der Waals surface area contributed by atoms with Gasteiger partial charge in [-0.05, 0) is 55.6 Å². The summed E-state index contributed by atoms with van der Waals surface area (Å²) in [6, 6.07) is 18.7. The van der Waals surface area contributed by atoms with Crippen molar-refractivity contribution in [3.8, 4) is 0 Å². The van der Waals surface area contributed by atoms with Crippen molar-refractivity contribution in [3.63, 3.8) is 0 Å². The van der Waals surface area contributed by atoms with Crippen LogP contribution in [0.1, 0.15) is 47.9 Å². The Morgan fingerprint density at radius 2 is 1.58 bits per heavy atom. The van der Waals surface area contributed by atoms with Gasteiger partial charge in [-0.2, -0.15) is 0 Å². The van der Waals surface area contributed by atoms with Gasteiger partial charge in [-0.3, -0.25) is 4.79 Å². The van der Waals surface area contributed by atoms with Gasteiger partial charge in [0, 0.05) is 0 Å². The molecule has 3 nitrogen and oxygen atoms in total. The SMILES string of the molecule is O=C1NC(c2ccccc2)c2ccccc2C1CCN1CCCC1. The fraction of sp³-hybridized carbons (Fsp3) is 0.381. The van der Waals surface area contributed by atoms with Gasteiger partial charge in [0.2, 0.25) is 5.91 Å². The third-order valence-electron chi connectivity index (χ3n) is 5.35. The summed E-state index contributed by atoms with van der Waals surface area (Å²) >= 11 is 0. The molecule has 2 aliphatic heterocycles. The van der Waals surface area contributed by atoms with E-state index < -0.39 is 0 Å². The largest absolute Gasteiger partial charge is 0.345 e. The standard InChI is InChI=1S/C21H24N2O/c24-21-19(12-15-23-13-6-7-14-23)17-10-4-5-11-18(17)20(22-21)16-8-2-1-3-9-16/h1-5,8-11,19-20H,6-7,12-15H2,(H,22,24). The fourth-order valence-corrected chi connectivity index (χ4v) is 4.07. The summed E-state index contributed by atoms with van der Waals surface area (Å²) in [6.07, 6.45) is 3.50. The third kappa shape index (κ3) is 2.96. The summed E-state index contributed by atoms with van der Waals surface area (Å²) in [5, 5.41) is 3.26. The zero-order valence-corrected chi connectivity index (χ0v) is 13.9. The molecule has 0 spiro atoms. The molecule has 0 bridgehead atoms. The lowest BCUT2D eigenvalue weighted by atomic mass is 9.82. The molecular weight excluding hydrogens is 296 g/mol. The number of rotatable bonds is 4. The number of hydrogen-bond acceptors (Lipinski definition) is 2. The monoisotopic (exact) mass is 320 g/mol. The second kappa shape index (κ2) is 6.78. The molecule has 2 unspecified atom stereocenters. The molecule has 0 aliphatic carbocycles. The zero-order valence-electron chi connectivity index (χ0n) is 13.9. The predicted molar refractivity (Wildman–Crippen MR) is 95.9 cm³/mol. The van der Waals surface area contributed by atoms with Crippen LogP contribution in [0, 0.1) is 0 Å². The maximum Gasteiger partial charge on any atom is 0.228 e. The molecule has 0 aromatic heterocycles. The van der Waals surface area contributed by atoms with Crippen molar-refractivity contribution in [1.82, 2.24) is 10.2 Å². The Bertz CT molecular complexity index is 707. The predicted octanol–water partition coefficient (Wildman–Crippen LogP) is 3.48. The van der Waals surface area contributed by atoms with Gasteiger partial charge in [0.25, 0.3) is 0 Å². The van der Waals surface area contributed by atoms with Gasteiger partial charge < -0.3 is 10.2 Å². The molecule has 4 rings (SSSR count). The minimum absolute atomic E-state index is 0.0261. The summed E-state index contributed by atoms with van der Waals surface area (Å²) in [6.45, 7) is 3.38. The molecule has 2 aromatic rings. The number of hydrogen-bond donors (Lipinski definition) is 1. The van der Waals surface area contributed by atoms with Crippen molar-refractivity contribution in [2.75, 3.05) is 19.6 Å². The Morgan fingerprint density at radius 1 is 0.917 bits per heavy atom. The van der Waals surface area contributed by atoms with Crippen LogP contribution in [0.3, 0.4) is 0 Å². The average Bonchev–Trinajstić information content (AvgIpc) is 3.15. The summed E-state index contributed by atoms with van der Waals surface area (Å²) in [4.78, 5) is 15.3. The molecule has 1 saturated heterocycles. The molecule has 2 atom stereocenters. The van der Waals surface area contributed by atoms with Gasteiger partial charge in [0.05, 0.1) is 12.0 Å². The molecule has 2 aromatic carbocycles. The number of amides is 1. The zero-order chi connectivity index (χ0) is 16.4. The highest BCUT2D eigenvalue weighted by molar-refractivity contribution is 5.87. The van der Waals surface area contributed by atoms with Crippen molar-refractivity contribution < 1.29 is 4.79 Å². The smallest absolute Gasteiger partial charge is 0.228 e. The molecule has 1 N–H and O–H groups in total. The minimum Gasteiger partial charge on any atom is -0.345 e. The molecule has 2 aliphatic rings. The Labute approximate surface area is 143 Å². The van der Waals surface area contributed by atoms with E-state index in [2.05, 4.69) is 46.6 Å². The molecular formula is C21H24N2O. The Kier molecular flexibility index (Phi) is 4.35. The van der Waals surface area contributed by atoms with E-state index in [-0.39, 0.29) is 17.9 Å². The van der Waals surface area contributed by atoms with Gasteiger partial charge in [0.1, 0.15) is 0 Å². The number of carbonyl (C=O) groups is 1. The Morgan fingerprint density at radius 3 is 2.33 bits per heavy atom.